The van der Waals surface area contributed by atoms with Crippen molar-refractivity contribution in [3.63, 3.8) is 0 Å². The Labute approximate surface area is 131 Å². The van der Waals surface area contributed by atoms with E-state index in [1.807, 2.05) is 49.1 Å². The summed E-state index contributed by atoms with van der Waals surface area (Å²) in [6, 6.07) is 11.6. The molecule has 0 aromatic carbocycles. The number of unbranched alkanes of at least 4 members (excludes halogenated alkanes) is 3. The zero-order chi connectivity index (χ0) is 15.6. The Morgan fingerprint density at radius 1 is 0.636 bits per heavy atom. The van der Waals surface area contributed by atoms with Crippen molar-refractivity contribution in [2.24, 2.45) is 0 Å². The van der Waals surface area contributed by atoms with E-state index in [2.05, 4.69) is 21.3 Å². The average molecular weight is 292 g/mol. The molecule has 0 N–H and O–H groups in total. The summed E-state index contributed by atoms with van der Waals surface area (Å²) in [5.74, 6) is 0. The first kappa shape index (κ1) is 15.7. The predicted molar refractivity (Wildman–Crippen MR) is 81.2 cm³/mol. The third-order valence-electron chi connectivity index (χ3n) is 3.62. The highest BCUT2D eigenvalue weighted by Gasteiger charge is 2.03. The fraction of sp³-hybridized carbons (Fsp3) is 0.333. The van der Waals surface area contributed by atoms with E-state index in [1.165, 1.54) is 12.8 Å². The minimum atomic E-state index is 0.704. The first-order chi connectivity index (χ1) is 10.8. The molecule has 0 fully saturated rings. The molecule has 0 spiro atoms. The van der Waals surface area contributed by atoms with Crippen molar-refractivity contribution in [3.05, 3.63) is 60.2 Å². The number of pyridine rings is 2. The Kier molecular flexibility index (Phi) is 6.08. The lowest BCUT2D eigenvalue weighted by Gasteiger charge is -1.99. The Morgan fingerprint density at radius 2 is 1.00 bits per heavy atom. The Bertz CT molecular complexity index is 599. The number of nitrogens with zero attached hydrogens (tertiary/aromatic N) is 4. The molecule has 2 rings (SSSR count). The van der Waals surface area contributed by atoms with Crippen LogP contribution in [0.25, 0.3) is 0 Å². The van der Waals surface area contributed by atoms with Gasteiger partial charge in [0.1, 0.15) is 13.1 Å². The van der Waals surface area contributed by atoms with Crippen molar-refractivity contribution in [3.8, 4) is 12.1 Å². The quantitative estimate of drug-likeness (QED) is 0.580. The van der Waals surface area contributed by atoms with Crippen molar-refractivity contribution in [2.75, 3.05) is 0 Å². The van der Waals surface area contributed by atoms with Crippen molar-refractivity contribution >= 4 is 0 Å². The molecule has 4 heteroatoms. The molecule has 0 atom stereocenters. The van der Waals surface area contributed by atoms with E-state index in [0.29, 0.717) is 11.1 Å². The number of rotatable bonds is 7. The van der Waals surface area contributed by atoms with Gasteiger partial charge in [-0.15, -0.1) is 0 Å². The molecular formula is C18H20N4+2. The number of nitriles is 2. The van der Waals surface area contributed by atoms with Gasteiger partial charge in [-0.3, -0.25) is 0 Å². The molecule has 110 valence electrons. The molecule has 0 amide bonds. The maximum absolute atomic E-state index is 8.75. The van der Waals surface area contributed by atoms with Crippen LogP contribution in [0.2, 0.25) is 0 Å². The van der Waals surface area contributed by atoms with Crippen LogP contribution in [0.4, 0.5) is 0 Å². The van der Waals surface area contributed by atoms with Gasteiger partial charge in [-0.25, -0.2) is 9.13 Å². The van der Waals surface area contributed by atoms with Gasteiger partial charge in [0, 0.05) is 37.1 Å². The highest BCUT2D eigenvalue weighted by atomic mass is 14.9. The van der Waals surface area contributed by atoms with Gasteiger partial charge >= 0.3 is 0 Å². The zero-order valence-electron chi connectivity index (χ0n) is 12.7. The van der Waals surface area contributed by atoms with Crippen LogP contribution in [0.1, 0.15) is 36.8 Å². The minimum absolute atomic E-state index is 0.704. The van der Waals surface area contributed by atoms with Crippen molar-refractivity contribution in [1.29, 1.82) is 10.5 Å². The number of aromatic nitrogens is 2. The lowest BCUT2D eigenvalue weighted by atomic mass is 10.2. The summed E-state index contributed by atoms with van der Waals surface area (Å²) in [6.45, 7) is 1.99. The number of hydrogen-bond donors (Lipinski definition) is 0. The van der Waals surface area contributed by atoms with Crippen LogP contribution < -0.4 is 9.13 Å². The molecule has 0 aliphatic carbocycles. The third-order valence-corrected chi connectivity index (χ3v) is 3.62. The molecular weight excluding hydrogens is 272 g/mol. The summed E-state index contributed by atoms with van der Waals surface area (Å²) >= 11 is 0. The molecule has 0 radical (unpaired) electrons. The van der Waals surface area contributed by atoms with Gasteiger partial charge in [-0.2, -0.15) is 10.5 Å². The van der Waals surface area contributed by atoms with E-state index in [-0.39, 0.29) is 0 Å². The van der Waals surface area contributed by atoms with Gasteiger partial charge < -0.3 is 0 Å². The molecule has 0 aliphatic heterocycles. The Hall–Kier alpha value is -2.72. The van der Waals surface area contributed by atoms with Crippen LogP contribution in [-0.2, 0) is 13.1 Å². The molecule has 0 aliphatic rings. The Morgan fingerprint density at radius 3 is 1.32 bits per heavy atom. The highest BCUT2D eigenvalue weighted by Crippen LogP contribution is 2.01. The second-order valence-electron chi connectivity index (χ2n) is 5.29. The lowest BCUT2D eigenvalue weighted by Crippen LogP contribution is -2.33. The summed E-state index contributed by atoms with van der Waals surface area (Å²) in [4.78, 5) is 0. The van der Waals surface area contributed by atoms with E-state index >= 15 is 0 Å². The number of hydrogen-bond acceptors (Lipinski definition) is 2. The van der Waals surface area contributed by atoms with Gasteiger partial charge in [0.2, 0.25) is 0 Å². The smallest absolute Gasteiger partial charge is 0.170 e. The molecule has 2 aromatic rings. The fourth-order valence-corrected chi connectivity index (χ4v) is 2.30. The molecule has 0 bridgehead atoms. The molecule has 0 unspecified atom stereocenters. The van der Waals surface area contributed by atoms with E-state index in [4.69, 9.17) is 10.5 Å². The van der Waals surface area contributed by atoms with E-state index in [0.717, 1.165) is 25.9 Å². The Balaban J connectivity index is 1.60. The van der Waals surface area contributed by atoms with E-state index in [9.17, 15) is 0 Å². The van der Waals surface area contributed by atoms with E-state index in [1.54, 1.807) is 0 Å². The second-order valence-corrected chi connectivity index (χ2v) is 5.29. The molecule has 4 nitrogen and oxygen atoms in total. The summed E-state index contributed by atoms with van der Waals surface area (Å²) in [5.41, 5.74) is 1.41. The fourth-order valence-electron chi connectivity index (χ4n) is 2.30. The topological polar surface area (TPSA) is 55.3 Å². The molecule has 22 heavy (non-hydrogen) atoms. The van der Waals surface area contributed by atoms with Crippen LogP contribution in [0.5, 0.6) is 0 Å². The van der Waals surface area contributed by atoms with Crippen LogP contribution in [0.15, 0.2) is 49.1 Å². The summed E-state index contributed by atoms with van der Waals surface area (Å²) in [5, 5.41) is 17.5. The maximum atomic E-state index is 8.75. The zero-order valence-corrected chi connectivity index (χ0v) is 12.7. The van der Waals surface area contributed by atoms with Crippen LogP contribution in [-0.4, -0.2) is 0 Å². The largest absolute Gasteiger partial charge is 0.205 e. The molecule has 2 aromatic heterocycles. The number of aryl methyl sites for hydroxylation is 2. The highest BCUT2D eigenvalue weighted by molar-refractivity contribution is 5.24. The van der Waals surface area contributed by atoms with Gasteiger partial charge in [0.15, 0.2) is 24.8 Å². The standard InChI is InChI=1S/C18H20N4/c19-15-17-5-11-21(12-6-17)9-3-1-2-4-10-22-13-7-18(16-20)8-14-22/h5-8,11-14H,1-4,9-10H2/q+2. The summed E-state index contributed by atoms with van der Waals surface area (Å²) in [7, 11) is 0. The van der Waals surface area contributed by atoms with Crippen LogP contribution in [0.3, 0.4) is 0 Å². The van der Waals surface area contributed by atoms with Gasteiger partial charge in [-0.1, -0.05) is 0 Å². The first-order valence-electron chi connectivity index (χ1n) is 7.60. The SMILES string of the molecule is N#Cc1cc[n+](CCCCCC[n+]2ccc(C#N)cc2)cc1. The van der Waals surface area contributed by atoms with Crippen molar-refractivity contribution in [1.82, 2.24) is 0 Å². The van der Waals surface area contributed by atoms with E-state index < -0.39 is 0 Å². The maximum Gasteiger partial charge on any atom is 0.170 e. The van der Waals surface area contributed by atoms with Crippen molar-refractivity contribution in [2.45, 2.75) is 38.8 Å². The monoisotopic (exact) mass is 292 g/mol. The first-order valence-corrected chi connectivity index (χ1v) is 7.60. The summed E-state index contributed by atoms with van der Waals surface area (Å²) in [6.07, 6.45) is 12.5. The average Bonchev–Trinajstić information content (AvgIpc) is 2.59. The molecule has 2 heterocycles. The van der Waals surface area contributed by atoms with Gasteiger partial charge in [0.05, 0.1) is 23.3 Å². The van der Waals surface area contributed by atoms with Gasteiger partial charge in [0.25, 0.3) is 0 Å². The normalized spacial score (nSPS) is 9.91. The lowest BCUT2D eigenvalue weighted by molar-refractivity contribution is -0.698. The minimum Gasteiger partial charge on any atom is -0.205 e. The molecule has 0 saturated carbocycles. The second kappa shape index (κ2) is 8.54. The summed E-state index contributed by atoms with van der Waals surface area (Å²) < 4.78 is 4.24. The van der Waals surface area contributed by atoms with Crippen LogP contribution >= 0.6 is 0 Å². The van der Waals surface area contributed by atoms with Crippen LogP contribution in [0, 0.1) is 22.7 Å². The van der Waals surface area contributed by atoms with Gasteiger partial charge in [-0.05, 0) is 12.8 Å². The van der Waals surface area contributed by atoms with Crippen molar-refractivity contribution < 1.29 is 9.13 Å². The molecule has 0 saturated heterocycles. The predicted octanol–water partition coefficient (Wildman–Crippen LogP) is 2.27. The third kappa shape index (κ3) is 5.00.